The predicted molar refractivity (Wildman–Crippen MR) is 117 cm³/mol. The number of hydrogen-bond acceptors (Lipinski definition) is 6. The zero-order valence-corrected chi connectivity index (χ0v) is 19.2. The molecule has 1 atom stereocenters. The molecule has 1 fully saturated rings. The molecule has 1 aromatic carbocycles. The lowest BCUT2D eigenvalue weighted by Gasteiger charge is -2.32. The number of nitrogens with one attached hydrogen (secondary N) is 1. The summed E-state index contributed by atoms with van der Waals surface area (Å²) in [6.07, 6.45) is 1.22. The first-order chi connectivity index (χ1) is 14.1. The first kappa shape index (κ1) is 24.1. The number of benzene rings is 1. The van der Waals surface area contributed by atoms with E-state index in [9.17, 15) is 14.4 Å². The van der Waals surface area contributed by atoms with Gasteiger partial charge in [0.25, 0.3) is 5.91 Å². The van der Waals surface area contributed by atoms with Gasteiger partial charge in [-0.2, -0.15) is 0 Å². The van der Waals surface area contributed by atoms with Gasteiger partial charge in [-0.3, -0.25) is 9.59 Å². The van der Waals surface area contributed by atoms with Crippen LogP contribution >= 0.6 is 11.8 Å². The largest absolute Gasteiger partial charge is 0.468 e. The van der Waals surface area contributed by atoms with Gasteiger partial charge in [-0.15, -0.1) is 11.8 Å². The second-order valence-electron chi connectivity index (χ2n) is 8.40. The maximum Gasteiger partial charge on any atom is 0.407 e. The Bertz CT molecular complexity index is 754. The highest BCUT2D eigenvalue weighted by Crippen LogP contribution is 2.29. The molecule has 166 valence electrons. The second kappa shape index (κ2) is 10.7. The van der Waals surface area contributed by atoms with E-state index in [-0.39, 0.29) is 11.9 Å². The molecular formula is C22H32N2O5S. The summed E-state index contributed by atoms with van der Waals surface area (Å²) in [5.41, 5.74) is 0.0833. The Morgan fingerprint density at radius 1 is 1.20 bits per heavy atom. The van der Waals surface area contributed by atoms with Gasteiger partial charge in [-0.25, -0.2) is 4.79 Å². The lowest BCUT2D eigenvalue weighted by atomic mass is 9.96. The van der Waals surface area contributed by atoms with Crippen LogP contribution in [0.15, 0.2) is 29.2 Å². The average molecular weight is 437 g/mol. The van der Waals surface area contributed by atoms with Gasteiger partial charge in [-0.05, 0) is 58.6 Å². The van der Waals surface area contributed by atoms with Crippen LogP contribution in [-0.4, -0.2) is 60.5 Å². The van der Waals surface area contributed by atoms with E-state index in [4.69, 9.17) is 9.47 Å². The number of piperidine rings is 1. The zero-order valence-electron chi connectivity index (χ0n) is 18.4. The minimum Gasteiger partial charge on any atom is -0.468 e. The van der Waals surface area contributed by atoms with Crippen molar-refractivity contribution >= 4 is 29.7 Å². The monoisotopic (exact) mass is 436 g/mol. The number of ether oxygens (including phenoxy) is 2. The molecule has 2 amide bonds. The summed E-state index contributed by atoms with van der Waals surface area (Å²) >= 11 is 1.33. The Balaban J connectivity index is 1.90. The van der Waals surface area contributed by atoms with Gasteiger partial charge < -0.3 is 19.7 Å². The minimum absolute atomic E-state index is 0.0336. The molecule has 1 unspecified atom stereocenters. The van der Waals surface area contributed by atoms with Crippen LogP contribution in [0.3, 0.4) is 0 Å². The quantitative estimate of drug-likeness (QED) is 0.540. The van der Waals surface area contributed by atoms with Gasteiger partial charge in [0, 0.05) is 24.5 Å². The SMILES string of the molecule is COC(=O)C(C)Sc1ccccc1C(=O)N1CCC(CNC(=O)OC(C)(C)C)CC1. The summed E-state index contributed by atoms with van der Waals surface area (Å²) in [5.74, 6) is -0.0418. The second-order valence-corrected chi connectivity index (χ2v) is 9.78. The van der Waals surface area contributed by atoms with Crippen molar-refractivity contribution in [1.29, 1.82) is 0 Å². The Kier molecular flexibility index (Phi) is 8.58. The number of likely N-dealkylation sites (tertiary alicyclic amines) is 1. The van der Waals surface area contributed by atoms with E-state index < -0.39 is 16.9 Å². The number of carbonyl (C=O) groups is 3. The molecule has 1 N–H and O–H groups in total. The first-order valence-electron chi connectivity index (χ1n) is 10.2. The van der Waals surface area contributed by atoms with Gasteiger partial charge in [0.2, 0.25) is 0 Å². The third-order valence-electron chi connectivity index (χ3n) is 4.79. The van der Waals surface area contributed by atoms with E-state index in [1.807, 2.05) is 43.9 Å². The third-order valence-corrected chi connectivity index (χ3v) is 5.95. The van der Waals surface area contributed by atoms with Gasteiger partial charge >= 0.3 is 12.1 Å². The maximum atomic E-state index is 13.1. The molecule has 8 heteroatoms. The van der Waals surface area contributed by atoms with Crippen molar-refractivity contribution in [2.45, 2.75) is 56.3 Å². The number of rotatable bonds is 6. The van der Waals surface area contributed by atoms with Crippen molar-refractivity contribution in [3.05, 3.63) is 29.8 Å². The summed E-state index contributed by atoms with van der Waals surface area (Å²) in [6.45, 7) is 9.06. The molecule has 1 aliphatic heterocycles. The van der Waals surface area contributed by atoms with Crippen molar-refractivity contribution in [2.75, 3.05) is 26.7 Å². The number of thioether (sulfide) groups is 1. The van der Waals surface area contributed by atoms with Crippen molar-refractivity contribution < 1.29 is 23.9 Å². The lowest BCUT2D eigenvalue weighted by Crippen LogP contribution is -2.42. The fourth-order valence-corrected chi connectivity index (χ4v) is 4.22. The van der Waals surface area contributed by atoms with Crippen LogP contribution in [0.1, 0.15) is 50.9 Å². The van der Waals surface area contributed by atoms with Crippen molar-refractivity contribution in [3.8, 4) is 0 Å². The van der Waals surface area contributed by atoms with Gasteiger partial charge in [0.15, 0.2) is 0 Å². The number of carbonyl (C=O) groups excluding carboxylic acids is 3. The third kappa shape index (κ3) is 7.23. The predicted octanol–water partition coefficient (Wildman–Crippen LogP) is 3.72. The summed E-state index contributed by atoms with van der Waals surface area (Å²) in [4.78, 5) is 39.3. The number of alkyl carbamates (subject to hydrolysis) is 1. The molecule has 0 spiro atoms. The normalized spacial score (nSPS) is 16.0. The minimum atomic E-state index is -0.517. The fourth-order valence-electron chi connectivity index (χ4n) is 3.20. The van der Waals surface area contributed by atoms with E-state index in [0.29, 0.717) is 31.1 Å². The molecule has 1 saturated heterocycles. The molecule has 0 aromatic heterocycles. The zero-order chi connectivity index (χ0) is 22.3. The van der Waals surface area contributed by atoms with E-state index in [1.165, 1.54) is 18.9 Å². The lowest BCUT2D eigenvalue weighted by molar-refractivity contribution is -0.139. The molecule has 2 rings (SSSR count). The molecule has 1 aliphatic rings. The van der Waals surface area contributed by atoms with Crippen LogP contribution in [0.2, 0.25) is 0 Å². The highest BCUT2D eigenvalue weighted by molar-refractivity contribution is 8.00. The molecule has 7 nitrogen and oxygen atoms in total. The Labute approximate surface area is 182 Å². The van der Waals surface area contributed by atoms with Crippen LogP contribution in [0.4, 0.5) is 4.79 Å². The molecule has 1 heterocycles. The van der Waals surface area contributed by atoms with Gasteiger partial charge in [-0.1, -0.05) is 12.1 Å². The Morgan fingerprint density at radius 3 is 2.43 bits per heavy atom. The number of amides is 2. The number of esters is 1. The van der Waals surface area contributed by atoms with E-state index in [2.05, 4.69) is 5.32 Å². The highest BCUT2D eigenvalue weighted by atomic mass is 32.2. The fraction of sp³-hybridized carbons (Fsp3) is 0.591. The van der Waals surface area contributed by atoms with E-state index in [0.717, 1.165) is 17.7 Å². The molecule has 0 bridgehead atoms. The average Bonchev–Trinajstić information content (AvgIpc) is 2.70. The Morgan fingerprint density at radius 2 is 1.83 bits per heavy atom. The topological polar surface area (TPSA) is 84.9 Å². The number of hydrogen-bond donors (Lipinski definition) is 1. The smallest absolute Gasteiger partial charge is 0.407 e. The van der Waals surface area contributed by atoms with Gasteiger partial charge in [0.05, 0.1) is 12.7 Å². The number of methoxy groups -OCH3 is 1. The van der Waals surface area contributed by atoms with E-state index >= 15 is 0 Å². The Hall–Kier alpha value is -2.22. The van der Waals surface area contributed by atoms with Crippen LogP contribution < -0.4 is 5.32 Å². The molecule has 1 aromatic rings. The standard InChI is InChI=1S/C22H32N2O5S/c1-15(20(26)28-5)30-18-9-7-6-8-17(18)19(25)24-12-10-16(11-13-24)14-23-21(27)29-22(2,3)4/h6-9,15-16H,10-14H2,1-5H3,(H,23,27). The summed E-state index contributed by atoms with van der Waals surface area (Å²) in [7, 11) is 1.36. The van der Waals surface area contributed by atoms with Gasteiger partial charge in [0.1, 0.15) is 10.9 Å². The molecule has 0 aliphatic carbocycles. The van der Waals surface area contributed by atoms with Crippen LogP contribution in [0.25, 0.3) is 0 Å². The summed E-state index contributed by atoms with van der Waals surface area (Å²) in [5, 5.41) is 2.42. The molecule has 0 saturated carbocycles. The van der Waals surface area contributed by atoms with Crippen molar-refractivity contribution in [3.63, 3.8) is 0 Å². The van der Waals surface area contributed by atoms with Crippen LogP contribution in [0, 0.1) is 5.92 Å². The molecule has 30 heavy (non-hydrogen) atoms. The van der Waals surface area contributed by atoms with Crippen molar-refractivity contribution in [1.82, 2.24) is 10.2 Å². The van der Waals surface area contributed by atoms with Crippen LogP contribution in [0.5, 0.6) is 0 Å². The van der Waals surface area contributed by atoms with E-state index in [1.54, 1.807) is 13.0 Å². The first-order valence-corrected chi connectivity index (χ1v) is 11.1. The van der Waals surface area contributed by atoms with Crippen LogP contribution in [-0.2, 0) is 14.3 Å². The molecular weight excluding hydrogens is 404 g/mol. The number of nitrogens with zero attached hydrogens (tertiary/aromatic N) is 1. The summed E-state index contributed by atoms with van der Waals surface area (Å²) in [6, 6.07) is 7.34. The highest BCUT2D eigenvalue weighted by Gasteiger charge is 2.27. The molecule has 0 radical (unpaired) electrons. The van der Waals surface area contributed by atoms with Crippen molar-refractivity contribution in [2.24, 2.45) is 5.92 Å². The summed E-state index contributed by atoms with van der Waals surface area (Å²) < 4.78 is 10.1. The maximum absolute atomic E-state index is 13.1.